The molecule has 3 unspecified atom stereocenters. The zero-order chi connectivity index (χ0) is 22.5. The highest BCUT2D eigenvalue weighted by Crippen LogP contribution is 2.48. The summed E-state index contributed by atoms with van der Waals surface area (Å²) in [5.41, 5.74) is 2.07. The van der Waals surface area contributed by atoms with E-state index in [9.17, 15) is 14.3 Å². The summed E-state index contributed by atoms with van der Waals surface area (Å²) < 4.78 is 16.1. The molecule has 4 atom stereocenters. The molecule has 2 heterocycles. The molecule has 1 aliphatic heterocycles. The molecule has 1 N–H and O–H groups in total. The van der Waals surface area contributed by atoms with Crippen molar-refractivity contribution in [1.82, 2.24) is 9.47 Å². The third-order valence-corrected chi connectivity index (χ3v) is 8.01. The van der Waals surface area contributed by atoms with Crippen LogP contribution in [0.25, 0.3) is 10.9 Å². The third kappa shape index (κ3) is 3.75. The molecular formula is C27H33FN2O2. The molecule has 2 aliphatic carbocycles. The first-order chi connectivity index (χ1) is 15.4. The number of piperidine rings is 1. The van der Waals surface area contributed by atoms with Crippen molar-refractivity contribution in [2.45, 2.75) is 64.1 Å². The van der Waals surface area contributed by atoms with Gasteiger partial charge >= 0.3 is 0 Å². The number of nitrogens with zero attached hydrogens (tertiary/aromatic N) is 2. The van der Waals surface area contributed by atoms with E-state index in [4.69, 9.17) is 0 Å². The molecule has 2 fully saturated rings. The van der Waals surface area contributed by atoms with Crippen molar-refractivity contribution in [3.05, 3.63) is 59.6 Å². The van der Waals surface area contributed by atoms with E-state index in [0.29, 0.717) is 18.4 Å². The molecule has 32 heavy (non-hydrogen) atoms. The number of carbonyl (C=O) groups excluding carboxylic acids is 1. The lowest BCUT2D eigenvalue weighted by Crippen LogP contribution is -2.44. The molecule has 0 amide bonds. The van der Waals surface area contributed by atoms with Crippen molar-refractivity contribution < 1.29 is 14.3 Å². The number of halogens is 1. The minimum Gasteiger partial charge on any atom is -0.385 e. The van der Waals surface area contributed by atoms with Gasteiger partial charge in [0.05, 0.1) is 5.60 Å². The zero-order valence-electron chi connectivity index (χ0n) is 19.1. The average Bonchev–Trinajstić information content (AvgIpc) is 3.32. The number of aromatic nitrogens is 1. The number of Topliss-reactive ketones (excluding diaryl/α,β-unsaturated/α-hetero) is 1. The SMILES string of the molecule is CC(=O)c1cn(CCN2CCCC3CC(O)(C4=CC=C(F)[C@H](C)C4)CC32)c2ccccc12. The van der Waals surface area contributed by atoms with E-state index in [1.54, 1.807) is 13.0 Å². The Hall–Kier alpha value is -2.24. The van der Waals surface area contributed by atoms with Crippen LogP contribution in [0.2, 0.25) is 0 Å². The third-order valence-electron chi connectivity index (χ3n) is 8.01. The fraction of sp³-hybridized carbons (Fsp3) is 0.519. The lowest BCUT2D eigenvalue weighted by molar-refractivity contribution is 0.0671. The number of fused-ring (bicyclic) bond motifs is 2. The van der Waals surface area contributed by atoms with E-state index in [1.165, 1.54) is 0 Å². The molecule has 5 heteroatoms. The molecule has 2 aromatic rings. The number of rotatable bonds is 5. The van der Waals surface area contributed by atoms with Gasteiger partial charge in [0.15, 0.2) is 5.78 Å². The average molecular weight is 437 g/mol. The number of allylic oxidation sites excluding steroid dienone is 3. The monoisotopic (exact) mass is 436 g/mol. The molecule has 1 aromatic carbocycles. The summed E-state index contributed by atoms with van der Waals surface area (Å²) in [6.07, 6.45) is 9.79. The first-order valence-corrected chi connectivity index (χ1v) is 12.0. The Bertz CT molecular complexity index is 1100. The summed E-state index contributed by atoms with van der Waals surface area (Å²) in [7, 11) is 0. The zero-order valence-corrected chi connectivity index (χ0v) is 19.1. The quantitative estimate of drug-likeness (QED) is 0.650. The van der Waals surface area contributed by atoms with Crippen LogP contribution in [0.3, 0.4) is 0 Å². The van der Waals surface area contributed by atoms with E-state index < -0.39 is 5.60 Å². The fourth-order valence-corrected chi connectivity index (χ4v) is 6.28. The fourth-order valence-electron chi connectivity index (χ4n) is 6.28. The van der Waals surface area contributed by atoms with E-state index in [0.717, 1.165) is 67.4 Å². The van der Waals surface area contributed by atoms with Gasteiger partial charge in [-0.3, -0.25) is 9.69 Å². The maximum absolute atomic E-state index is 13.8. The largest absolute Gasteiger partial charge is 0.385 e. The Morgan fingerprint density at radius 1 is 1.22 bits per heavy atom. The van der Waals surface area contributed by atoms with Crippen LogP contribution in [0.5, 0.6) is 0 Å². The van der Waals surface area contributed by atoms with Crippen molar-refractivity contribution in [3.63, 3.8) is 0 Å². The molecule has 0 radical (unpaired) electrons. The van der Waals surface area contributed by atoms with Crippen LogP contribution >= 0.6 is 0 Å². The molecule has 0 bridgehead atoms. The summed E-state index contributed by atoms with van der Waals surface area (Å²) in [6, 6.07) is 8.46. The van der Waals surface area contributed by atoms with Crippen LogP contribution in [0.4, 0.5) is 4.39 Å². The Morgan fingerprint density at radius 3 is 2.81 bits per heavy atom. The lowest BCUT2D eigenvalue weighted by atomic mass is 9.81. The number of ketones is 1. The summed E-state index contributed by atoms with van der Waals surface area (Å²) in [6.45, 7) is 6.29. The standard InChI is InChI=1S/C27H33FN2O2/c1-18-14-21(9-10-24(18)28)27(32)15-20-6-5-11-29(26(20)16-27)12-13-30-17-23(19(2)31)22-7-3-4-8-25(22)30/h3-4,7-10,17-18,20,26,32H,5-6,11-16H2,1-2H3/t18-,20?,26?,27?/m1/s1. The molecule has 1 saturated heterocycles. The van der Waals surface area contributed by atoms with Crippen LogP contribution in [0.15, 0.2) is 54.0 Å². The second-order valence-electron chi connectivity index (χ2n) is 10.1. The van der Waals surface area contributed by atoms with Crippen LogP contribution in [-0.2, 0) is 6.54 Å². The Morgan fingerprint density at radius 2 is 2.03 bits per heavy atom. The molecule has 3 aliphatic rings. The van der Waals surface area contributed by atoms with Gasteiger partial charge in [-0.25, -0.2) is 4.39 Å². The Kier molecular flexibility index (Phi) is 5.58. The minimum atomic E-state index is -0.814. The second-order valence-corrected chi connectivity index (χ2v) is 10.1. The first kappa shape index (κ1) is 21.6. The predicted octanol–water partition coefficient (Wildman–Crippen LogP) is 5.27. The lowest BCUT2D eigenvalue weighted by Gasteiger charge is -2.37. The van der Waals surface area contributed by atoms with Gasteiger partial charge in [0.1, 0.15) is 5.83 Å². The number of para-hydroxylation sites is 1. The number of likely N-dealkylation sites (tertiary alicyclic amines) is 1. The van der Waals surface area contributed by atoms with E-state index in [2.05, 4.69) is 15.5 Å². The van der Waals surface area contributed by atoms with Crippen molar-refractivity contribution in [3.8, 4) is 0 Å². The van der Waals surface area contributed by atoms with Crippen molar-refractivity contribution in [2.24, 2.45) is 11.8 Å². The molecule has 170 valence electrons. The number of hydrogen-bond acceptors (Lipinski definition) is 3. The van der Waals surface area contributed by atoms with E-state index >= 15 is 0 Å². The molecule has 4 nitrogen and oxygen atoms in total. The van der Waals surface area contributed by atoms with Gasteiger partial charge < -0.3 is 9.67 Å². The molecule has 5 rings (SSSR count). The number of carbonyl (C=O) groups is 1. The number of benzene rings is 1. The maximum atomic E-state index is 13.8. The molecule has 1 saturated carbocycles. The Balaban J connectivity index is 1.33. The van der Waals surface area contributed by atoms with Gasteiger partial charge in [0.25, 0.3) is 0 Å². The van der Waals surface area contributed by atoms with Crippen LogP contribution < -0.4 is 0 Å². The van der Waals surface area contributed by atoms with E-state index in [-0.39, 0.29) is 17.5 Å². The molecule has 0 spiro atoms. The number of hydrogen-bond donors (Lipinski definition) is 1. The van der Waals surface area contributed by atoms with Crippen LogP contribution in [-0.4, -0.2) is 45.1 Å². The molecular weight excluding hydrogens is 403 g/mol. The van der Waals surface area contributed by atoms with Gasteiger partial charge in [-0.05, 0) is 69.2 Å². The smallest absolute Gasteiger partial charge is 0.161 e. The van der Waals surface area contributed by atoms with Gasteiger partial charge in [0.2, 0.25) is 0 Å². The van der Waals surface area contributed by atoms with Crippen LogP contribution in [0.1, 0.15) is 56.3 Å². The summed E-state index contributed by atoms with van der Waals surface area (Å²) >= 11 is 0. The minimum absolute atomic E-state index is 0.0849. The predicted molar refractivity (Wildman–Crippen MR) is 125 cm³/mol. The summed E-state index contributed by atoms with van der Waals surface area (Å²) in [4.78, 5) is 14.6. The van der Waals surface area contributed by atoms with Crippen LogP contribution in [0, 0.1) is 11.8 Å². The first-order valence-electron chi connectivity index (χ1n) is 12.0. The Labute approximate surface area is 189 Å². The highest BCUT2D eigenvalue weighted by molar-refractivity contribution is 6.06. The maximum Gasteiger partial charge on any atom is 0.161 e. The van der Waals surface area contributed by atoms with Gasteiger partial charge in [0, 0.05) is 47.7 Å². The number of aliphatic hydroxyl groups is 1. The molecule has 1 aromatic heterocycles. The van der Waals surface area contributed by atoms with Crippen molar-refractivity contribution >= 4 is 16.7 Å². The van der Waals surface area contributed by atoms with Crippen molar-refractivity contribution in [2.75, 3.05) is 13.1 Å². The highest BCUT2D eigenvalue weighted by atomic mass is 19.1. The highest BCUT2D eigenvalue weighted by Gasteiger charge is 2.49. The second kappa shape index (κ2) is 8.27. The summed E-state index contributed by atoms with van der Waals surface area (Å²) in [5, 5.41) is 12.6. The van der Waals surface area contributed by atoms with Gasteiger partial charge in [-0.2, -0.15) is 0 Å². The van der Waals surface area contributed by atoms with E-state index in [1.807, 2.05) is 37.4 Å². The van der Waals surface area contributed by atoms with Gasteiger partial charge in [-0.15, -0.1) is 0 Å². The van der Waals surface area contributed by atoms with Gasteiger partial charge in [-0.1, -0.05) is 31.2 Å². The van der Waals surface area contributed by atoms with Crippen molar-refractivity contribution in [1.29, 1.82) is 0 Å². The topological polar surface area (TPSA) is 45.5 Å². The summed E-state index contributed by atoms with van der Waals surface area (Å²) in [5.74, 6) is 0.350. The normalized spacial score (nSPS) is 30.8.